The van der Waals surface area contributed by atoms with Crippen LogP contribution in [-0.2, 0) is 0 Å². The molecule has 3 aromatic heterocycles. The summed E-state index contributed by atoms with van der Waals surface area (Å²) < 4.78 is 0.875. The number of rotatable bonds is 1. The lowest BCUT2D eigenvalue weighted by Gasteiger charge is -2.02. The van der Waals surface area contributed by atoms with Gasteiger partial charge in [-0.25, -0.2) is 4.98 Å². The Labute approximate surface area is 117 Å². The molecule has 4 N–H and O–H groups in total. The van der Waals surface area contributed by atoms with Gasteiger partial charge in [-0.1, -0.05) is 12.1 Å². The van der Waals surface area contributed by atoms with E-state index < -0.39 is 0 Å². The summed E-state index contributed by atoms with van der Waals surface area (Å²) >= 11 is 1.50. The molecule has 0 saturated carbocycles. The number of para-hydroxylation sites is 2. The average Bonchev–Trinajstić information content (AvgIpc) is 3.04. The van der Waals surface area contributed by atoms with E-state index in [0.717, 1.165) is 21.3 Å². The number of aromatic amines is 2. The van der Waals surface area contributed by atoms with Crippen molar-refractivity contribution in [1.29, 1.82) is 0 Å². The molecule has 0 saturated heterocycles. The van der Waals surface area contributed by atoms with Crippen molar-refractivity contribution in [2.45, 2.75) is 0 Å². The van der Waals surface area contributed by atoms with Crippen LogP contribution in [-0.4, -0.2) is 15.0 Å². The van der Waals surface area contributed by atoms with Crippen LogP contribution in [0.5, 0.6) is 0 Å². The van der Waals surface area contributed by atoms with E-state index in [-0.39, 0.29) is 5.56 Å². The molecule has 0 aliphatic rings. The minimum Gasteiger partial charge on any atom is -0.397 e. The number of hydrogen-bond donors (Lipinski definition) is 3. The van der Waals surface area contributed by atoms with Gasteiger partial charge in [0.25, 0.3) is 5.56 Å². The molecule has 0 aliphatic carbocycles. The highest BCUT2D eigenvalue weighted by atomic mass is 32.1. The van der Waals surface area contributed by atoms with E-state index in [1.807, 2.05) is 35.7 Å². The van der Waals surface area contributed by atoms with Crippen LogP contribution in [0.2, 0.25) is 0 Å². The summed E-state index contributed by atoms with van der Waals surface area (Å²) in [4.78, 5) is 22.7. The molecule has 4 rings (SSSR count). The number of benzene rings is 1. The second-order valence-corrected chi connectivity index (χ2v) is 5.42. The van der Waals surface area contributed by atoms with Crippen molar-refractivity contribution in [1.82, 2.24) is 15.0 Å². The van der Waals surface area contributed by atoms with Gasteiger partial charge in [0, 0.05) is 0 Å². The Morgan fingerprint density at radius 2 is 1.95 bits per heavy atom. The average molecular weight is 282 g/mol. The number of nitrogen functional groups attached to an aromatic ring is 1. The molecular formula is C14H10N4OS. The standard InChI is InChI=1S/C14H10N4OS/c15-11-10(14(19)18-9-5-6-20-12(9)11)13-16-7-3-1-2-4-8(7)17-13/h1-6H,(H,16,17)(H3,15,18,19). The van der Waals surface area contributed by atoms with E-state index in [9.17, 15) is 4.79 Å². The smallest absolute Gasteiger partial charge is 0.261 e. The first-order valence-corrected chi connectivity index (χ1v) is 6.96. The van der Waals surface area contributed by atoms with Gasteiger partial charge in [0.2, 0.25) is 0 Å². The van der Waals surface area contributed by atoms with Crippen molar-refractivity contribution in [3.8, 4) is 11.4 Å². The first-order valence-electron chi connectivity index (χ1n) is 6.08. The maximum Gasteiger partial charge on any atom is 0.261 e. The fraction of sp³-hybridized carbons (Fsp3) is 0. The number of pyridine rings is 1. The number of H-pyrrole nitrogens is 2. The lowest BCUT2D eigenvalue weighted by molar-refractivity contribution is 1.26. The zero-order chi connectivity index (χ0) is 13.7. The van der Waals surface area contributed by atoms with Gasteiger partial charge in [0.15, 0.2) is 0 Å². The molecule has 0 atom stereocenters. The van der Waals surface area contributed by atoms with Gasteiger partial charge in [0.1, 0.15) is 11.4 Å². The van der Waals surface area contributed by atoms with Gasteiger partial charge in [-0.05, 0) is 23.6 Å². The third kappa shape index (κ3) is 1.48. The Kier molecular flexibility index (Phi) is 2.22. The molecule has 6 heteroatoms. The molecule has 98 valence electrons. The number of nitrogens with two attached hydrogens (primary N) is 1. The van der Waals surface area contributed by atoms with Gasteiger partial charge in [-0.3, -0.25) is 4.79 Å². The fourth-order valence-electron chi connectivity index (χ4n) is 2.34. The van der Waals surface area contributed by atoms with Crippen LogP contribution in [0, 0.1) is 0 Å². The highest BCUT2D eigenvalue weighted by Gasteiger charge is 2.16. The Morgan fingerprint density at radius 1 is 1.10 bits per heavy atom. The van der Waals surface area contributed by atoms with E-state index in [2.05, 4.69) is 15.0 Å². The Hall–Kier alpha value is -2.60. The first kappa shape index (κ1) is 11.2. The molecule has 0 bridgehead atoms. The van der Waals surface area contributed by atoms with Gasteiger partial charge in [-0.15, -0.1) is 11.3 Å². The summed E-state index contributed by atoms with van der Waals surface area (Å²) in [5.74, 6) is 0.500. The van der Waals surface area contributed by atoms with Gasteiger partial charge >= 0.3 is 0 Å². The molecule has 0 radical (unpaired) electrons. The molecular weight excluding hydrogens is 272 g/mol. The zero-order valence-corrected chi connectivity index (χ0v) is 11.1. The van der Waals surface area contributed by atoms with E-state index >= 15 is 0 Å². The molecule has 3 heterocycles. The lowest BCUT2D eigenvalue weighted by atomic mass is 10.2. The molecule has 0 fully saturated rings. The lowest BCUT2D eigenvalue weighted by Crippen LogP contribution is -2.12. The highest BCUT2D eigenvalue weighted by molar-refractivity contribution is 7.17. The third-order valence-corrected chi connectivity index (χ3v) is 4.23. The largest absolute Gasteiger partial charge is 0.397 e. The Morgan fingerprint density at radius 3 is 2.80 bits per heavy atom. The predicted molar refractivity (Wildman–Crippen MR) is 81.9 cm³/mol. The van der Waals surface area contributed by atoms with Crippen molar-refractivity contribution in [3.05, 3.63) is 46.1 Å². The second-order valence-electron chi connectivity index (χ2n) is 4.51. The zero-order valence-electron chi connectivity index (χ0n) is 10.3. The minimum atomic E-state index is -0.229. The van der Waals surface area contributed by atoms with Crippen LogP contribution >= 0.6 is 11.3 Å². The number of imidazole rings is 1. The van der Waals surface area contributed by atoms with Crippen LogP contribution in [0.1, 0.15) is 0 Å². The van der Waals surface area contributed by atoms with Gasteiger partial charge in [0.05, 0.1) is 26.9 Å². The number of fused-ring (bicyclic) bond motifs is 2. The second kappa shape index (κ2) is 3.94. The number of thiophene rings is 1. The summed E-state index contributed by atoms with van der Waals surface area (Å²) in [5, 5.41) is 1.90. The van der Waals surface area contributed by atoms with Crippen molar-refractivity contribution < 1.29 is 0 Å². The van der Waals surface area contributed by atoms with Crippen LogP contribution in [0.3, 0.4) is 0 Å². The topological polar surface area (TPSA) is 87.6 Å². The van der Waals surface area contributed by atoms with E-state index in [1.165, 1.54) is 11.3 Å². The summed E-state index contributed by atoms with van der Waals surface area (Å²) in [6, 6.07) is 9.48. The first-order chi connectivity index (χ1) is 9.74. The molecule has 0 unspecified atom stereocenters. The number of nitrogens with zero attached hydrogens (tertiary/aromatic N) is 1. The quantitative estimate of drug-likeness (QED) is 0.501. The Balaban J connectivity index is 2.08. The van der Waals surface area contributed by atoms with Crippen molar-refractivity contribution in [2.24, 2.45) is 0 Å². The van der Waals surface area contributed by atoms with Crippen LogP contribution in [0.4, 0.5) is 5.69 Å². The summed E-state index contributed by atoms with van der Waals surface area (Å²) in [6.07, 6.45) is 0. The maximum atomic E-state index is 12.2. The molecule has 4 aromatic rings. The van der Waals surface area contributed by atoms with Crippen LogP contribution < -0.4 is 11.3 Å². The van der Waals surface area contributed by atoms with Gasteiger partial charge in [-0.2, -0.15) is 0 Å². The number of nitrogens with one attached hydrogen (secondary N) is 2. The van der Waals surface area contributed by atoms with Crippen LogP contribution in [0.25, 0.3) is 32.6 Å². The Bertz CT molecular complexity index is 962. The van der Waals surface area contributed by atoms with Crippen molar-refractivity contribution in [2.75, 3.05) is 5.73 Å². The molecule has 5 nitrogen and oxygen atoms in total. The highest BCUT2D eigenvalue weighted by Crippen LogP contribution is 2.31. The molecule has 1 aromatic carbocycles. The predicted octanol–water partition coefficient (Wildman–Crippen LogP) is 2.72. The fourth-order valence-corrected chi connectivity index (χ4v) is 3.16. The number of anilines is 1. The minimum absolute atomic E-state index is 0.229. The van der Waals surface area contributed by atoms with E-state index in [0.29, 0.717) is 17.1 Å². The molecule has 0 amide bonds. The monoisotopic (exact) mass is 282 g/mol. The third-order valence-electron chi connectivity index (χ3n) is 3.28. The SMILES string of the molecule is Nc1c(-c2nc3ccccc3[nH]2)c(=O)[nH]c2ccsc12. The molecule has 0 spiro atoms. The van der Waals surface area contributed by atoms with Crippen molar-refractivity contribution >= 4 is 38.3 Å². The normalized spacial score (nSPS) is 11.4. The van der Waals surface area contributed by atoms with Crippen molar-refractivity contribution in [3.63, 3.8) is 0 Å². The number of hydrogen-bond acceptors (Lipinski definition) is 4. The van der Waals surface area contributed by atoms with Crippen LogP contribution in [0.15, 0.2) is 40.5 Å². The molecule has 20 heavy (non-hydrogen) atoms. The van der Waals surface area contributed by atoms with E-state index in [4.69, 9.17) is 5.73 Å². The summed E-state index contributed by atoms with van der Waals surface area (Å²) in [6.45, 7) is 0. The summed E-state index contributed by atoms with van der Waals surface area (Å²) in [5.41, 5.74) is 9.24. The summed E-state index contributed by atoms with van der Waals surface area (Å²) in [7, 11) is 0. The maximum absolute atomic E-state index is 12.2. The number of aromatic nitrogens is 3. The van der Waals surface area contributed by atoms with E-state index in [1.54, 1.807) is 0 Å². The molecule has 0 aliphatic heterocycles. The van der Waals surface area contributed by atoms with Gasteiger partial charge < -0.3 is 15.7 Å².